The lowest BCUT2D eigenvalue weighted by Crippen LogP contribution is -2.36. The van der Waals surface area contributed by atoms with E-state index in [-0.39, 0.29) is 0 Å². The highest BCUT2D eigenvalue weighted by atomic mass is 32.1. The molecule has 168 valence electrons. The standard InChI is InChI=1S/C24H29N5O2S/c1-30-19-4-2-17(3-5-19)13-28-16-29-23(25-15-26-29)22-20-6-9-27(14-21(20)32-24(22)28)12-18-7-10-31-11-8-18/h2-5,15,18H,6-14,16H2,1H3. The van der Waals surface area contributed by atoms with E-state index in [1.807, 2.05) is 28.2 Å². The summed E-state index contributed by atoms with van der Waals surface area (Å²) in [6.07, 6.45) is 5.18. The van der Waals surface area contributed by atoms with E-state index >= 15 is 0 Å². The summed E-state index contributed by atoms with van der Waals surface area (Å²) >= 11 is 1.96. The number of benzene rings is 1. The lowest BCUT2D eigenvalue weighted by Gasteiger charge is -2.32. The van der Waals surface area contributed by atoms with E-state index in [0.717, 1.165) is 63.4 Å². The Morgan fingerprint density at radius 2 is 2.03 bits per heavy atom. The number of aromatic nitrogens is 3. The van der Waals surface area contributed by atoms with Crippen LogP contribution >= 0.6 is 11.3 Å². The summed E-state index contributed by atoms with van der Waals surface area (Å²) in [5.41, 5.74) is 4.07. The van der Waals surface area contributed by atoms with Crippen LogP contribution in [-0.2, 0) is 30.9 Å². The third-order valence-corrected chi connectivity index (χ3v) is 8.22. The second-order valence-corrected chi connectivity index (χ2v) is 10.1. The molecule has 1 saturated heterocycles. The largest absolute Gasteiger partial charge is 0.497 e. The van der Waals surface area contributed by atoms with Gasteiger partial charge >= 0.3 is 0 Å². The molecule has 1 fully saturated rings. The van der Waals surface area contributed by atoms with Crippen LogP contribution in [0, 0.1) is 5.92 Å². The first-order valence-electron chi connectivity index (χ1n) is 11.5. The lowest BCUT2D eigenvalue weighted by molar-refractivity contribution is 0.0508. The fourth-order valence-corrected chi connectivity index (χ4v) is 6.58. The van der Waals surface area contributed by atoms with E-state index in [1.54, 1.807) is 13.4 Å². The van der Waals surface area contributed by atoms with Crippen LogP contribution in [-0.4, -0.2) is 53.1 Å². The summed E-state index contributed by atoms with van der Waals surface area (Å²) in [5, 5.41) is 5.87. The third kappa shape index (κ3) is 3.70. The van der Waals surface area contributed by atoms with E-state index in [9.17, 15) is 0 Å². The number of hydrogen-bond donors (Lipinski definition) is 0. The molecule has 6 rings (SSSR count). The molecule has 2 aromatic heterocycles. The number of hydrogen-bond acceptors (Lipinski definition) is 7. The van der Waals surface area contributed by atoms with E-state index in [2.05, 4.69) is 32.0 Å². The molecule has 0 saturated carbocycles. The fraction of sp³-hybridized carbons (Fsp3) is 0.500. The average molecular weight is 452 g/mol. The summed E-state index contributed by atoms with van der Waals surface area (Å²) in [6, 6.07) is 8.38. The molecular weight excluding hydrogens is 422 g/mol. The van der Waals surface area contributed by atoms with Gasteiger partial charge in [0.2, 0.25) is 0 Å². The van der Waals surface area contributed by atoms with Gasteiger partial charge in [0, 0.05) is 44.3 Å². The van der Waals surface area contributed by atoms with Crippen LogP contribution in [0.2, 0.25) is 0 Å². The summed E-state index contributed by atoms with van der Waals surface area (Å²) < 4.78 is 12.9. The quantitative estimate of drug-likeness (QED) is 0.589. The second-order valence-electron chi connectivity index (χ2n) is 9.00. The topological polar surface area (TPSA) is 55.7 Å². The highest BCUT2D eigenvalue weighted by Crippen LogP contribution is 2.47. The van der Waals surface area contributed by atoms with Gasteiger partial charge in [-0.05, 0) is 48.4 Å². The number of fused-ring (bicyclic) bond motifs is 5. The Hall–Kier alpha value is -2.42. The van der Waals surface area contributed by atoms with Gasteiger partial charge in [0.1, 0.15) is 23.7 Å². The van der Waals surface area contributed by atoms with Gasteiger partial charge in [0.25, 0.3) is 0 Å². The number of thiophene rings is 1. The maximum Gasteiger partial charge on any atom is 0.163 e. The minimum absolute atomic E-state index is 0.736. The van der Waals surface area contributed by atoms with Crippen LogP contribution in [0.4, 0.5) is 5.00 Å². The Kier molecular flexibility index (Phi) is 5.37. The first-order chi connectivity index (χ1) is 15.8. The fourth-order valence-electron chi connectivity index (χ4n) is 5.21. The molecule has 1 aromatic carbocycles. The maximum atomic E-state index is 5.56. The van der Waals surface area contributed by atoms with Gasteiger partial charge in [0.15, 0.2) is 5.82 Å². The van der Waals surface area contributed by atoms with Crippen LogP contribution in [0.1, 0.15) is 28.8 Å². The lowest BCUT2D eigenvalue weighted by atomic mass is 9.97. The minimum Gasteiger partial charge on any atom is -0.497 e. The molecule has 3 aromatic rings. The van der Waals surface area contributed by atoms with Crippen LogP contribution in [0.3, 0.4) is 0 Å². The SMILES string of the molecule is COc1ccc(CN2Cn3ncnc3-c3c2sc2c3CCN(CC3CCOCC3)C2)cc1. The molecule has 0 unspecified atom stereocenters. The predicted molar refractivity (Wildman–Crippen MR) is 125 cm³/mol. The average Bonchev–Trinajstić information content (AvgIpc) is 3.44. The number of nitrogens with zero attached hydrogens (tertiary/aromatic N) is 5. The van der Waals surface area contributed by atoms with Crippen molar-refractivity contribution in [2.75, 3.05) is 38.3 Å². The molecule has 0 spiro atoms. The summed E-state index contributed by atoms with van der Waals surface area (Å²) in [7, 11) is 1.71. The zero-order valence-electron chi connectivity index (χ0n) is 18.5. The summed E-state index contributed by atoms with van der Waals surface area (Å²) in [5.74, 6) is 2.69. The van der Waals surface area contributed by atoms with Crippen molar-refractivity contribution in [1.82, 2.24) is 19.7 Å². The van der Waals surface area contributed by atoms with Crippen LogP contribution < -0.4 is 9.64 Å². The highest BCUT2D eigenvalue weighted by Gasteiger charge is 2.33. The summed E-state index contributed by atoms with van der Waals surface area (Å²) in [4.78, 5) is 11.2. The molecular formula is C24H29N5O2S. The van der Waals surface area contributed by atoms with Gasteiger partial charge in [-0.25, -0.2) is 9.67 Å². The van der Waals surface area contributed by atoms with Crippen molar-refractivity contribution in [3.05, 3.63) is 46.6 Å². The van der Waals surface area contributed by atoms with Crippen molar-refractivity contribution < 1.29 is 9.47 Å². The predicted octanol–water partition coefficient (Wildman–Crippen LogP) is 3.78. The zero-order chi connectivity index (χ0) is 21.5. The first kappa shape index (κ1) is 20.2. The highest BCUT2D eigenvalue weighted by molar-refractivity contribution is 7.17. The van der Waals surface area contributed by atoms with Crippen molar-refractivity contribution in [3.8, 4) is 17.1 Å². The Labute approximate surface area is 192 Å². The molecule has 3 aliphatic rings. The molecule has 0 bridgehead atoms. The van der Waals surface area contributed by atoms with Gasteiger partial charge in [0.05, 0.1) is 12.7 Å². The van der Waals surface area contributed by atoms with E-state index in [4.69, 9.17) is 9.47 Å². The van der Waals surface area contributed by atoms with Crippen molar-refractivity contribution >= 4 is 16.3 Å². The van der Waals surface area contributed by atoms with Crippen LogP contribution in [0.15, 0.2) is 30.6 Å². The molecule has 5 heterocycles. The Balaban J connectivity index is 1.28. The van der Waals surface area contributed by atoms with E-state index < -0.39 is 0 Å². The first-order valence-corrected chi connectivity index (χ1v) is 12.3. The van der Waals surface area contributed by atoms with Crippen molar-refractivity contribution in [1.29, 1.82) is 0 Å². The molecule has 0 atom stereocenters. The van der Waals surface area contributed by atoms with Gasteiger partial charge < -0.3 is 14.4 Å². The number of rotatable bonds is 5. The zero-order valence-corrected chi connectivity index (χ0v) is 19.3. The van der Waals surface area contributed by atoms with E-state index in [1.165, 1.54) is 46.0 Å². The van der Waals surface area contributed by atoms with Gasteiger partial charge in [-0.1, -0.05) is 12.1 Å². The van der Waals surface area contributed by atoms with Crippen molar-refractivity contribution in [2.24, 2.45) is 5.92 Å². The Morgan fingerprint density at radius 3 is 2.84 bits per heavy atom. The van der Waals surface area contributed by atoms with Crippen LogP contribution in [0.25, 0.3) is 11.4 Å². The molecule has 8 heteroatoms. The maximum absolute atomic E-state index is 5.56. The molecule has 0 amide bonds. The molecule has 0 aliphatic carbocycles. The van der Waals surface area contributed by atoms with Gasteiger partial charge in [-0.3, -0.25) is 4.90 Å². The molecule has 32 heavy (non-hydrogen) atoms. The molecule has 3 aliphatic heterocycles. The molecule has 7 nitrogen and oxygen atoms in total. The second kappa shape index (κ2) is 8.50. The smallest absolute Gasteiger partial charge is 0.163 e. The third-order valence-electron chi connectivity index (χ3n) is 6.94. The van der Waals surface area contributed by atoms with Crippen molar-refractivity contribution in [3.63, 3.8) is 0 Å². The Morgan fingerprint density at radius 1 is 1.19 bits per heavy atom. The normalized spacial score (nSPS) is 18.8. The summed E-state index contributed by atoms with van der Waals surface area (Å²) in [6.45, 7) is 6.80. The number of anilines is 1. The van der Waals surface area contributed by atoms with Gasteiger partial charge in [-0.2, -0.15) is 5.10 Å². The van der Waals surface area contributed by atoms with Crippen LogP contribution in [0.5, 0.6) is 5.75 Å². The molecule has 0 N–H and O–H groups in total. The number of ether oxygens (including phenoxy) is 2. The van der Waals surface area contributed by atoms with E-state index in [0.29, 0.717) is 0 Å². The number of methoxy groups -OCH3 is 1. The monoisotopic (exact) mass is 451 g/mol. The Bertz CT molecular complexity index is 1090. The minimum atomic E-state index is 0.736. The van der Waals surface area contributed by atoms with Crippen molar-refractivity contribution in [2.45, 2.75) is 39.0 Å². The van der Waals surface area contributed by atoms with Gasteiger partial charge in [-0.15, -0.1) is 11.3 Å². The molecule has 0 radical (unpaired) electrons.